The third-order valence-electron chi connectivity index (χ3n) is 5.90. The van der Waals surface area contributed by atoms with Crippen molar-refractivity contribution >= 4 is 91.0 Å². The molecule has 212 valence electrons. The maximum Gasteiger partial charge on any atom is 0.271 e. The summed E-state index contributed by atoms with van der Waals surface area (Å²) in [5.74, 6) is 0.192. The fraction of sp³-hybridized carbons (Fsp3) is 0.0645. The van der Waals surface area contributed by atoms with E-state index in [0.717, 1.165) is 0 Å². The predicted octanol–water partition coefficient (Wildman–Crippen LogP) is 8.59. The molecule has 2 amide bonds. The smallest absolute Gasteiger partial charge is 0.271 e. The molecule has 1 aliphatic heterocycles. The molecule has 1 fully saturated rings. The van der Waals surface area contributed by atoms with Crippen LogP contribution < -0.4 is 19.7 Å². The summed E-state index contributed by atoms with van der Waals surface area (Å²) in [5, 5.41) is 4.40. The number of rotatable bonds is 8. The molecule has 1 aliphatic rings. The van der Waals surface area contributed by atoms with Crippen molar-refractivity contribution in [1.29, 1.82) is 0 Å². The third kappa shape index (κ3) is 7.17. The van der Waals surface area contributed by atoms with Crippen LogP contribution in [0.4, 0.5) is 17.1 Å². The number of carbonyl (C=O) groups is 2. The number of hydrogen-bond acceptors (Lipinski definition) is 6. The number of benzene rings is 4. The number of anilines is 2. The minimum Gasteiger partial charge on any atom is -0.493 e. The van der Waals surface area contributed by atoms with Gasteiger partial charge in [0.25, 0.3) is 11.8 Å². The van der Waals surface area contributed by atoms with Crippen molar-refractivity contribution in [2.75, 3.05) is 23.9 Å². The highest BCUT2D eigenvalue weighted by atomic mass is 79.9. The Labute approximate surface area is 265 Å². The molecule has 0 aromatic heterocycles. The van der Waals surface area contributed by atoms with E-state index in [1.165, 1.54) is 23.8 Å². The molecule has 42 heavy (non-hydrogen) atoms. The summed E-state index contributed by atoms with van der Waals surface area (Å²) in [6, 6.07) is 26.6. The van der Waals surface area contributed by atoms with E-state index in [1.54, 1.807) is 78.9 Å². The van der Waals surface area contributed by atoms with Crippen molar-refractivity contribution in [3.05, 3.63) is 116 Å². The van der Waals surface area contributed by atoms with Crippen LogP contribution in [0.5, 0.6) is 11.5 Å². The van der Waals surface area contributed by atoms with Crippen molar-refractivity contribution in [2.45, 2.75) is 0 Å². The maximum atomic E-state index is 13.7. The van der Waals surface area contributed by atoms with Crippen LogP contribution in [-0.2, 0) is 9.59 Å². The topological polar surface area (TPSA) is 80.2 Å². The summed E-state index contributed by atoms with van der Waals surface area (Å²) in [6.45, 7) is -0.223. The van der Waals surface area contributed by atoms with Gasteiger partial charge in [0.2, 0.25) is 0 Å². The zero-order valence-electron chi connectivity index (χ0n) is 22.0. The first-order valence-electron chi connectivity index (χ1n) is 12.5. The van der Waals surface area contributed by atoms with Crippen LogP contribution >= 0.6 is 50.9 Å². The Morgan fingerprint density at radius 2 is 1.67 bits per heavy atom. The molecule has 4 aromatic rings. The lowest BCUT2D eigenvalue weighted by molar-refractivity contribution is -0.118. The first kappa shape index (κ1) is 29.7. The van der Waals surface area contributed by atoms with Gasteiger partial charge in [0.1, 0.15) is 0 Å². The quantitative estimate of drug-likeness (QED) is 0.188. The second kappa shape index (κ2) is 13.5. The summed E-state index contributed by atoms with van der Waals surface area (Å²) in [4.78, 5) is 32.8. The molecule has 7 nitrogen and oxygen atoms in total. The number of amidine groups is 1. The molecule has 0 saturated carbocycles. The van der Waals surface area contributed by atoms with E-state index in [4.69, 9.17) is 37.7 Å². The van der Waals surface area contributed by atoms with E-state index >= 15 is 0 Å². The van der Waals surface area contributed by atoms with Crippen LogP contribution in [0.3, 0.4) is 0 Å². The Balaban J connectivity index is 1.41. The highest BCUT2D eigenvalue weighted by Crippen LogP contribution is 2.41. The van der Waals surface area contributed by atoms with Gasteiger partial charge in [0.15, 0.2) is 23.3 Å². The predicted molar refractivity (Wildman–Crippen MR) is 174 cm³/mol. The number of aliphatic imine (C=N–C) groups is 1. The molecule has 0 radical (unpaired) electrons. The number of nitrogens with one attached hydrogen (secondary N) is 1. The van der Waals surface area contributed by atoms with Crippen molar-refractivity contribution in [3.8, 4) is 11.5 Å². The SMILES string of the molecule is COc1cc(/C=C2\SC(=Nc3ccc(Cl)cc3)N(c3ccc(Cl)cc3)C2=O)cc(Br)c1OCC(=O)Nc1ccccc1. The number of hydrogen-bond donors (Lipinski definition) is 1. The summed E-state index contributed by atoms with van der Waals surface area (Å²) < 4.78 is 11.9. The summed E-state index contributed by atoms with van der Waals surface area (Å²) in [7, 11) is 1.50. The van der Waals surface area contributed by atoms with Gasteiger partial charge in [-0.15, -0.1) is 0 Å². The van der Waals surface area contributed by atoms with Crippen LogP contribution in [0.25, 0.3) is 6.08 Å². The Kier molecular flexibility index (Phi) is 9.54. The standard InChI is InChI=1S/C31H22BrCl2N3O4S/c1-40-26-16-19(15-25(32)29(26)41-18-28(38)35-22-5-3-2-4-6-22)17-27-30(39)37(24-13-9-21(34)10-14-24)31(42-27)36-23-11-7-20(33)8-12-23/h2-17H,18H2,1H3,(H,35,38)/b27-17-,36-31?. The van der Waals surface area contributed by atoms with Gasteiger partial charge in [-0.3, -0.25) is 14.5 Å². The second-order valence-electron chi connectivity index (χ2n) is 8.84. The molecule has 1 saturated heterocycles. The minimum atomic E-state index is -0.316. The van der Waals surface area contributed by atoms with Gasteiger partial charge >= 0.3 is 0 Å². The van der Waals surface area contributed by atoms with E-state index in [-0.39, 0.29) is 18.4 Å². The maximum absolute atomic E-state index is 13.7. The average molecular weight is 683 g/mol. The van der Waals surface area contributed by atoms with Gasteiger partial charge in [-0.2, -0.15) is 0 Å². The number of thioether (sulfide) groups is 1. The van der Waals surface area contributed by atoms with E-state index < -0.39 is 0 Å². The first-order valence-corrected chi connectivity index (χ1v) is 14.9. The number of carbonyl (C=O) groups excluding carboxylic acids is 2. The van der Waals surface area contributed by atoms with Gasteiger partial charge in [0, 0.05) is 15.7 Å². The van der Waals surface area contributed by atoms with Gasteiger partial charge in [-0.25, -0.2) is 4.99 Å². The monoisotopic (exact) mass is 681 g/mol. The van der Waals surface area contributed by atoms with E-state index in [9.17, 15) is 9.59 Å². The Morgan fingerprint density at radius 1 is 1.00 bits per heavy atom. The molecule has 0 spiro atoms. The minimum absolute atomic E-state index is 0.223. The molecule has 0 aliphatic carbocycles. The molecule has 0 unspecified atom stereocenters. The summed E-state index contributed by atoms with van der Waals surface area (Å²) in [6.07, 6.45) is 1.75. The van der Waals surface area contributed by atoms with Crippen LogP contribution in [-0.4, -0.2) is 30.7 Å². The van der Waals surface area contributed by atoms with Crippen LogP contribution in [0.15, 0.2) is 105 Å². The molecule has 0 bridgehead atoms. The molecular weight excluding hydrogens is 661 g/mol. The zero-order chi connectivity index (χ0) is 29.6. The number of amides is 2. The van der Waals surface area contributed by atoms with Crippen molar-refractivity contribution in [3.63, 3.8) is 0 Å². The van der Waals surface area contributed by atoms with Crippen LogP contribution in [0, 0.1) is 0 Å². The number of methoxy groups -OCH3 is 1. The molecule has 4 aromatic carbocycles. The largest absolute Gasteiger partial charge is 0.493 e. The van der Waals surface area contributed by atoms with Gasteiger partial charge in [-0.05, 0) is 112 Å². The molecule has 5 rings (SSSR count). The highest BCUT2D eigenvalue weighted by Gasteiger charge is 2.35. The summed E-state index contributed by atoms with van der Waals surface area (Å²) >= 11 is 16.9. The second-order valence-corrected chi connectivity index (χ2v) is 11.6. The van der Waals surface area contributed by atoms with Gasteiger partial charge in [-0.1, -0.05) is 41.4 Å². The molecular formula is C31H22BrCl2N3O4S. The lowest BCUT2D eigenvalue weighted by Gasteiger charge is -2.15. The number of para-hydroxylation sites is 1. The average Bonchev–Trinajstić information content (AvgIpc) is 3.28. The Hall–Kier alpha value is -3.76. The number of nitrogens with zero attached hydrogens (tertiary/aromatic N) is 2. The van der Waals surface area contributed by atoms with Crippen molar-refractivity contribution in [2.24, 2.45) is 4.99 Å². The van der Waals surface area contributed by atoms with Gasteiger partial charge in [0.05, 0.1) is 27.9 Å². The molecule has 0 atom stereocenters. The molecule has 11 heteroatoms. The van der Waals surface area contributed by atoms with Gasteiger partial charge < -0.3 is 14.8 Å². The fourth-order valence-corrected chi connectivity index (χ4v) is 5.79. The van der Waals surface area contributed by atoms with Crippen molar-refractivity contribution < 1.29 is 19.1 Å². The zero-order valence-corrected chi connectivity index (χ0v) is 25.9. The van der Waals surface area contributed by atoms with Crippen molar-refractivity contribution in [1.82, 2.24) is 0 Å². The normalized spacial score (nSPS) is 14.9. The number of ether oxygens (including phenoxy) is 2. The highest BCUT2D eigenvalue weighted by molar-refractivity contribution is 9.10. The lowest BCUT2D eigenvalue weighted by atomic mass is 10.1. The Bertz CT molecular complexity index is 1680. The number of halogens is 3. The molecule has 1 heterocycles. The first-order chi connectivity index (χ1) is 20.3. The van der Waals surface area contributed by atoms with Crippen LogP contribution in [0.1, 0.15) is 5.56 Å². The fourth-order valence-electron chi connectivity index (χ4n) is 3.96. The van der Waals surface area contributed by atoms with E-state index in [2.05, 4.69) is 21.2 Å². The lowest BCUT2D eigenvalue weighted by Crippen LogP contribution is -2.28. The molecule has 1 N–H and O–H groups in total. The third-order valence-corrected chi connectivity index (χ3v) is 7.96. The Morgan fingerprint density at radius 3 is 2.33 bits per heavy atom. The van der Waals surface area contributed by atoms with E-state index in [0.29, 0.717) is 58.7 Å². The summed E-state index contributed by atoms with van der Waals surface area (Å²) in [5.41, 5.74) is 2.63. The van der Waals surface area contributed by atoms with E-state index in [1.807, 2.05) is 18.2 Å². The van der Waals surface area contributed by atoms with Crippen LogP contribution in [0.2, 0.25) is 10.0 Å².